The average Bonchev–Trinajstić information content (AvgIpc) is 3.22. The number of nitrogens with zero attached hydrogens (tertiary/aromatic N) is 4. The fraction of sp³-hybridized carbons (Fsp3) is 0.273. The van der Waals surface area contributed by atoms with E-state index in [0.29, 0.717) is 36.9 Å². The van der Waals surface area contributed by atoms with Crippen LogP contribution < -0.4 is 10.2 Å². The van der Waals surface area contributed by atoms with Gasteiger partial charge in [-0.15, -0.1) is 11.3 Å². The normalized spacial score (nSPS) is 13.8. The number of carboxylic acid groups (broad SMARTS) is 1. The number of piperazine rings is 1. The van der Waals surface area contributed by atoms with E-state index in [0.717, 1.165) is 28.4 Å². The van der Waals surface area contributed by atoms with Gasteiger partial charge in [0.2, 0.25) is 0 Å². The van der Waals surface area contributed by atoms with Gasteiger partial charge in [0, 0.05) is 42.8 Å². The lowest BCUT2D eigenvalue weighted by molar-refractivity contribution is 0.102. The second kappa shape index (κ2) is 9.13. The van der Waals surface area contributed by atoms with Crippen molar-refractivity contribution in [3.05, 3.63) is 59.1 Å². The molecular weight excluding hydrogens is 414 g/mol. The van der Waals surface area contributed by atoms with E-state index in [-0.39, 0.29) is 5.91 Å². The third-order valence-electron chi connectivity index (χ3n) is 5.17. The third kappa shape index (κ3) is 4.66. The molecule has 0 spiro atoms. The largest absolute Gasteiger partial charge is 0.465 e. The zero-order valence-corrected chi connectivity index (χ0v) is 17.9. The summed E-state index contributed by atoms with van der Waals surface area (Å²) in [5.74, 6) is 0.473. The topological polar surface area (TPSA) is 98.7 Å². The number of aryl methyl sites for hydroxylation is 1. The highest BCUT2D eigenvalue weighted by molar-refractivity contribution is 7.16. The second-order valence-electron chi connectivity index (χ2n) is 7.13. The molecule has 0 atom stereocenters. The van der Waals surface area contributed by atoms with Crippen LogP contribution in [-0.2, 0) is 6.42 Å². The van der Waals surface area contributed by atoms with Crippen LogP contribution in [0.2, 0.25) is 0 Å². The summed E-state index contributed by atoms with van der Waals surface area (Å²) < 4.78 is 0. The Morgan fingerprint density at radius 1 is 1.10 bits per heavy atom. The van der Waals surface area contributed by atoms with Crippen molar-refractivity contribution < 1.29 is 14.7 Å². The molecule has 0 bridgehead atoms. The summed E-state index contributed by atoms with van der Waals surface area (Å²) in [6.45, 7) is 4.10. The van der Waals surface area contributed by atoms with Crippen molar-refractivity contribution in [1.82, 2.24) is 14.9 Å². The highest BCUT2D eigenvalue weighted by Gasteiger charge is 2.21. The van der Waals surface area contributed by atoms with Gasteiger partial charge in [0.05, 0.1) is 11.3 Å². The first kappa shape index (κ1) is 20.8. The van der Waals surface area contributed by atoms with E-state index in [2.05, 4.69) is 22.2 Å². The molecule has 2 amide bonds. The van der Waals surface area contributed by atoms with Crippen molar-refractivity contribution in [2.24, 2.45) is 0 Å². The first-order valence-corrected chi connectivity index (χ1v) is 10.9. The van der Waals surface area contributed by atoms with Gasteiger partial charge in [-0.3, -0.25) is 10.1 Å². The van der Waals surface area contributed by atoms with Crippen molar-refractivity contribution in [3.8, 4) is 11.3 Å². The van der Waals surface area contributed by atoms with Gasteiger partial charge in [0.15, 0.2) is 5.13 Å². The SMILES string of the molecule is CCc1sc(NC(=O)c2ccc(N3CCN(C(=O)O)CC3)nc2)nc1-c1ccccc1. The standard InChI is InChI=1S/C22H23N5O3S/c1-2-17-19(15-6-4-3-5-7-15)24-21(31-17)25-20(28)16-8-9-18(23-14-16)26-10-12-27(13-11-26)22(29)30/h3-9,14H,2,10-13H2,1H3,(H,29,30)(H,24,25,28). The van der Waals surface area contributed by atoms with Gasteiger partial charge in [0.1, 0.15) is 5.82 Å². The highest BCUT2D eigenvalue weighted by Crippen LogP contribution is 2.31. The molecule has 2 aromatic heterocycles. The lowest BCUT2D eigenvalue weighted by Crippen LogP contribution is -2.48. The number of carbonyl (C=O) groups excluding carboxylic acids is 1. The molecule has 2 N–H and O–H groups in total. The summed E-state index contributed by atoms with van der Waals surface area (Å²) in [6.07, 6.45) is 1.48. The van der Waals surface area contributed by atoms with Crippen LogP contribution in [-0.4, -0.2) is 58.2 Å². The Labute approximate surface area is 184 Å². The van der Waals surface area contributed by atoms with Gasteiger partial charge in [0.25, 0.3) is 5.91 Å². The maximum Gasteiger partial charge on any atom is 0.407 e. The molecule has 0 aliphatic carbocycles. The molecule has 3 aromatic rings. The number of rotatable bonds is 5. The lowest BCUT2D eigenvalue weighted by Gasteiger charge is -2.33. The van der Waals surface area contributed by atoms with Crippen LogP contribution in [0.4, 0.5) is 15.7 Å². The number of hydrogen-bond donors (Lipinski definition) is 2. The minimum Gasteiger partial charge on any atom is -0.465 e. The van der Waals surface area contributed by atoms with Crippen LogP contribution in [0.3, 0.4) is 0 Å². The Bertz CT molecular complexity index is 1060. The summed E-state index contributed by atoms with van der Waals surface area (Å²) in [4.78, 5) is 37.3. The number of carbonyl (C=O) groups is 2. The van der Waals surface area contributed by atoms with Crippen LogP contribution in [0.5, 0.6) is 0 Å². The lowest BCUT2D eigenvalue weighted by atomic mass is 10.1. The molecule has 160 valence electrons. The van der Waals surface area contributed by atoms with Gasteiger partial charge in [-0.1, -0.05) is 37.3 Å². The molecule has 31 heavy (non-hydrogen) atoms. The van der Waals surface area contributed by atoms with Gasteiger partial charge < -0.3 is 14.9 Å². The molecule has 1 fully saturated rings. The van der Waals surface area contributed by atoms with Crippen molar-refractivity contribution in [1.29, 1.82) is 0 Å². The van der Waals surface area contributed by atoms with Crippen molar-refractivity contribution in [2.75, 3.05) is 36.4 Å². The first-order chi connectivity index (χ1) is 15.0. The first-order valence-electron chi connectivity index (χ1n) is 10.1. The maximum absolute atomic E-state index is 12.7. The molecule has 0 saturated carbocycles. The van der Waals surface area contributed by atoms with Gasteiger partial charge in [-0.25, -0.2) is 14.8 Å². The number of aromatic nitrogens is 2. The molecule has 3 heterocycles. The smallest absolute Gasteiger partial charge is 0.407 e. The van der Waals surface area contributed by atoms with Crippen LogP contribution in [0.15, 0.2) is 48.7 Å². The van der Waals surface area contributed by atoms with E-state index >= 15 is 0 Å². The summed E-state index contributed by atoms with van der Waals surface area (Å²) in [5, 5.41) is 12.5. The van der Waals surface area contributed by atoms with Gasteiger partial charge >= 0.3 is 6.09 Å². The fourth-order valence-corrected chi connectivity index (χ4v) is 4.39. The monoisotopic (exact) mass is 437 g/mol. The Morgan fingerprint density at radius 2 is 1.84 bits per heavy atom. The Balaban J connectivity index is 1.43. The average molecular weight is 438 g/mol. The van der Waals surface area contributed by atoms with Crippen LogP contribution in [0.25, 0.3) is 11.3 Å². The van der Waals surface area contributed by atoms with E-state index < -0.39 is 6.09 Å². The summed E-state index contributed by atoms with van der Waals surface area (Å²) in [5.41, 5.74) is 2.38. The number of thiazole rings is 1. The molecule has 0 unspecified atom stereocenters. The molecule has 8 nitrogen and oxygen atoms in total. The van der Waals surface area contributed by atoms with E-state index in [1.807, 2.05) is 35.2 Å². The van der Waals surface area contributed by atoms with Crippen LogP contribution in [0, 0.1) is 0 Å². The molecule has 1 aromatic carbocycles. The Morgan fingerprint density at radius 3 is 2.45 bits per heavy atom. The molecule has 1 aliphatic rings. The molecule has 9 heteroatoms. The van der Waals surface area contributed by atoms with Gasteiger partial charge in [-0.05, 0) is 18.6 Å². The third-order valence-corrected chi connectivity index (χ3v) is 6.29. The predicted octanol–water partition coefficient (Wildman–Crippen LogP) is 3.82. The van der Waals surface area contributed by atoms with E-state index in [4.69, 9.17) is 5.11 Å². The van der Waals surface area contributed by atoms with E-state index in [9.17, 15) is 9.59 Å². The molecule has 4 rings (SSSR count). The van der Waals surface area contributed by atoms with Crippen molar-refractivity contribution >= 4 is 34.3 Å². The minimum absolute atomic E-state index is 0.259. The Hall–Kier alpha value is -3.46. The minimum atomic E-state index is -0.900. The zero-order valence-electron chi connectivity index (χ0n) is 17.1. The number of benzene rings is 1. The number of nitrogens with one attached hydrogen (secondary N) is 1. The number of hydrogen-bond acceptors (Lipinski definition) is 6. The van der Waals surface area contributed by atoms with Crippen molar-refractivity contribution in [2.45, 2.75) is 13.3 Å². The molecule has 1 aliphatic heterocycles. The van der Waals surface area contributed by atoms with E-state index in [1.54, 1.807) is 18.3 Å². The summed E-state index contributed by atoms with van der Waals surface area (Å²) >= 11 is 1.48. The number of pyridine rings is 1. The fourth-order valence-electron chi connectivity index (χ4n) is 3.47. The predicted molar refractivity (Wildman–Crippen MR) is 121 cm³/mol. The van der Waals surface area contributed by atoms with E-state index in [1.165, 1.54) is 16.2 Å². The quantitative estimate of drug-likeness (QED) is 0.630. The zero-order chi connectivity index (χ0) is 21.8. The summed E-state index contributed by atoms with van der Waals surface area (Å²) in [6, 6.07) is 13.5. The maximum atomic E-state index is 12.7. The second-order valence-corrected chi connectivity index (χ2v) is 8.21. The molecule has 1 saturated heterocycles. The highest BCUT2D eigenvalue weighted by atomic mass is 32.1. The number of anilines is 2. The Kier molecular flexibility index (Phi) is 6.13. The number of amides is 2. The van der Waals surface area contributed by atoms with Crippen molar-refractivity contribution in [3.63, 3.8) is 0 Å². The van der Waals surface area contributed by atoms with Gasteiger partial charge in [-0.2, -0.15) is 0 Å². The van der Waals surface area contributed by atoms with Crippen LogP contribution >= 0.6 is 11.3 Å². The summed E-state index contributed by atoms with van der Waals surface area (Å²) in [7, 11) is 0. The molecule has 0 radical (unpaired) electrons. The van der Waals surface area contributed by atoms with Crippen LogP contribution in [0.1, 0.15) is 22.2 Å². The molecular formula is C22H23N5O3S.